The molecule has 0 radical (unpaired) electrons. The maximum Gasteiger partial charge on any atom is 0.118 e. The van der Waals surface area contributed by atoms with Crippen molar-refractivity contribution in [2.24, 2.45) is 0 Å². The molecule has 0 spiro atoms. The van der Waals surface area contributed by atoms with Gasteiger partial charge in [0.2, 0.25) is 0 Å². The minimum atomic E-state index is 0.412. The molecular formula is C19H23BrO. The molecule has 0 aliphatic carbocycles. The average Bonchev–Trinajstić information content (AvgIpc) is 2.54. The van der Waals surface area contributed by atoms with Gasteiger partial charge in [0.1, 0.15) is 5.75 Å². The molecule has 0 bridgehead atoms. The van der Waals surface area contributed by atoms with Crippen LogP contribution in [-0.4, -0.2) is 7.11 Å². The normalized spacial score (nSPS) is 12.1. The summed E-state index contributed by atoms with van der Waals surface area (Å²) >= 11 is 3.81. The lowest BCUT2D eigenvalue weighted by Gasteiger charge is -2.11. The molecule has 0 aromatic heterocycles. The summed E-state index contributed by atoms with van der Waals surface area (Å²) in [7, 11) is 1.70. The molecule has 0 heterocycles. The number of methoxy groups -OCH3 is 1. The first-order valence-corrected chi connectivity index (χ1v) is 8.50. The van der Waals surface area contributed by atoms with E-state index in [1.807, 2.05) is 12.1 Å². The minimum absolute atomic E-state index is 0.412. The van der Waals surface area contributed by atoms with Gasteiger partial charge in [0.05, 0.1) is 7.11 Å². The minimum Gasteiger partial charge on any atom is -0.497 e. The van der Waals surface area contributed by atoms with Crippen molar-refractivity contribution < 1.29 is 4.74 Å². The van der Waals surface area contributed by atoms with Crippen LogP contribution >= 0.6 is 15.9 Å². The Labute approximate surface area is 136 Å². The molecule has 0 saturated carbocycles. The van der Waals surface area contributed by atoms with Crippen LogP contribution in [0.3, 0.4) is 0 Å². The average molecular weight is 347 g/mol. The lowest BCUT2D eigenvalue weighted by atomic mass is 10.0. The Morgan fingerprint density at radius 2 is 1.48 bits per heavy atom. The topological polar surface area (TPSA) is 9.23 Å². The molecule has 1 unspecified atom stereocenters. The Hall–Kier alpha value is -1.28. The molecule has 1 nitrogen and oxygen atoms in total. The van der Waals surface area contributed by atoms with E-state index in [0.717, 1.165) is 18.6 Å². The highest BCUT2D eigenvalue weighted by Crippen LogP contribution is 2.28. The molecule has 112 valence electrons. The molecular weight excluding hydrogens is 324 g/mol. The molecule has 0 amide bonds. The van der Waals surface area contributed by atoms with Crippen LogP contribution in [0.5, 0.6) is 5.75 Å². The van der Waals surface area contributed by atoms with Crippen LogP contribution in [0.25, 0.3) is 0 Å². The lowest BCUT2D eigenvalue weighted by molar-refractivity contribution is 0.414. The van der Waals surface area contributed by atoms with E-state index in [9.17, 15) is 0 Å². The van der Waals surface area contributed by atoms with Crippen molar-refractivity contribution in [3.05, 3.63) is 65.2 Å². The summed E-state index contributed by atoms with van der Waals surface area (Å²) < 4.78 is 5.19. The number of rotatable bonds is 7. The van der Waals surface area contributed by atoms with Crippen molar-refractivity contribution in [3.8, 4) is 5.75 Å². The quantitative estimate of drug-likeness (QED) is 0.582. The second kappa shape index (κ2) is 8.23. The second-order valence-corrected chi connectivity index (χ2v) is 6.45. The van der Waals surface area contributed by atoms with Crippen LogP contribution in [-0.2, 0) is 12.8 Å². The highest BCUT2D eigenvalue weighted by molar-refractivity contribution is 9.09. The smallest absolute Gasteiger partial charge is 0.118 e. The van der Waals surface area contributed by atoms with E-state index < -0.39 is 0 Å². The Morgan fingerprint density at radius 1 is 0.905 bits per heavy atom. The fourth-order valence-corrected chi connectivity index (χ4v) is 2.97. The largest absolute Gasteiger partial charge is 0.497 e. The van der Waals surface area contributed by atoms with Gasteiger partial charge in [0.25, 0.3) is 0 Å². The van der Waals surface area contributed by atoms with E-state index in [2.05, 4.69) is 59.3 Å². The lowest BCUT2D eigenvalue weighted by Crippen LogP contribution is -1.95. The molecule has 2 aromatic rings. The van der Waals surface area contributed by atoms with Crippen LogP contribution in [0.15, 0.2) is 48.5 Å². The van der Waals surface area contributed by atoms with Crippen molar-refractivity contribution in [1.82, 2.24) is 0 Å². The van der Waals surface area contributed by atoms with Crippen LogP contribution in [0.1, 0.15) is 41.3 Å². The highest BCUT2D eigenvalue weighted by Gasteiger charge is 2.08. The van der Waals surface area contributed by atoms with Crippen molar-refractivity contribution in [2.75, 3.05) is 7.11 Å². The van der Waals surface area contributed by atoms with Crippen LogP contribution in [0, 0.1) is 0 Å². The number of ether oxygens (including phenoxy) is 1. The van der Waals surface area contributed by atoms with Gasteiger partial charge < -0.3 is 4.74 Å². The molecule has 2 heteroatoms. The van der Waals surface area contributed by atoms with Crippen LogP contribution < -0.4 is 4.74 Å². The number of hydrogen-bond donors (Lipinski definition) is 0. The summed E-state index contributed by atoms with van der Waals surface area (Å²) in [4.78, 5) is 0.412. The Morgan fingerprint density at radius 3 is 2.05 bits per heavy atom. The maximum atomic E-state index is 5.19. The fraction of sp³-hybridized carbons (Fsp3) is 0.368. The van der Waals surface area contributed by atoms with Gasteiger partial charge in [-0.05, 0) is 48.1 Å². The number of hydrogen-bond acceptors (Lipinski definition) is 1. The zero-order chi connectivity index (χ0) is 15.1. The SMILES string of the molecule is CCCc1ccc(C(Br)CCc2ccc(OC)cc2)cc1. The van der Waals surface area contributed by atoms with E-state index >= 15 is 0 Å². The third kappa shape index (κ3) is 4.89. The van der Waals surface area contributed by atoms with E-state index in [4.69, 9.17) is 4.74 Å². The molecule has 0 N–H and O–H groups in total. The summed E-state index contributed by atoms with van der Waals surface area (Å²) in [6.07, 6.45) is 4.53. The first-order chi connectivity index (χ1) is 10.2. The predicted molar refractivity (Wildman–Crippen MR) is 93.4 cm³/mol. The van der Waals surface area contributed by atoms with Crippen molar-refractivity contribution >= 4 is 15.9 Å². The molecule has 21 heavy (non-hydrogen) atoms. The highest BCUT2D eigenvalue weighted by atomic mass is 79.9. The van der Waals surface area contributed by atoms with Gasteiger partial charge in [0, 0.05) is 4.83 Å². The third-order valence-electron chi connectivity index (χ3n) is 3.73. The third-order valence-corrected chi connectivity index (χ3v) is 4.71. The second-order valence-electron chi connectivity index (χ2n) is 5.35. The maximum absolute atomic E-state index is 5.19. The molecule has 0 fully saturated rings. The predicted octanol–water partition coefficient (Wildman–Crippen LogP) is 5.72. The van der Waals surface area contributed by atoms with Crippen molar-refractivity contribution in [2.45, 2.75) is 37.4 Å². The van der Waals surface area contributed by atoms with Gasteiger partial charge >= 0.3 is 0 Å². The molecule has 2 rings (SSSR count). The molecule has 1 atom stereocenters. The zero-order valence-electron chi connectivity index (χ0n) is 12.8. The van der Waals surface area contributed by atoms with Gasteiger partial charge in [-0.15, -0.1) is 0 Å². The van der Waals surface area contributed by atoms with Crippen molar-refractivity contribution in [3.63, 3.8) is 0 Å². The van der Waals surface area contributed by atoms with E-state index in [1.54, 1.807) is 7.11 Å². The van der Waals surface area contributed by atoms with Crippen LogP contribution in [0.2, 0.25) is 0 Å². The number of alkyl halides is 1. The Kier molecular flexibility index (Phi) is 6.31. The standard InChI is InChI=1S/C19H23BrO/c1-3-4-15-5-10-17(11-6-15)19(20)14-9-16-7-12-18(21-2)13-8-16/h5-8,10-13,19H,3-4,9,14H2,1-2H3. The van der Waals surface area contributed by atoms with Gasteiger partial charge in [-0.2, -0.15) is 0 Å². The van der Waals surface area contributed by atoms with Gasteiger partial charge in [-0.3, -0.25) is 0 Å². The fourth-order valence-electron chi connectivity index (χ4n) is 2.43. The van der Waals surface area contributed by atoms with Gasteiger partial charge in [-0.1, -0.05) is 65.7 Å². The first kappa shape index (κ1) is 16.1. The Bertz CT molecular complexity index is 530. The molecule has 0 aliphatic rings. The molecule has 0 saturated heterocycles. The monoisotopic (exact) mass is 346 g/mol. The van der Waals surface area contributed by atoms with E-state index in [1.165, 1.54) is 29.5 Å². The number of aryl methyl sites for hydroxylation is 2. The van der Waals surface area contributed by atoms with Crippen molar-refractivity contribution in [1.29, 1.82) is 0 Å². The van der Waals surface area contributed by atoms with Crippen LogP contribution in [0.4, 0.5) is 0 Å². The summed E-state index contributed by atoms with van der Waals surface area (Å²) in [5.41, 5.74) is 4.14. The molecule has 2 aromatic carbocycles. The summed E-state index contributed by atoms with van der Waals surface area (Å²) in [6.45, 7) is 2.22. The van der Waals surface area contributed by atoms with Gasteiger partial charge in [0.15, 0.2) is 0 Å². The zero-order valence-corrected chi connectivity index (χ0v) is 14.4. The van der Waals surface area contributed by atoms with Gasteiger partial charge in [-0.25, -0.2) is 0 Å². The summed E-state index contributed by atoms with van der Waals surface area (Å²) in [6, 6.07) is 17.3. The number of halogens is 1. The summed E-state index contributed by atoms with van der Waals surface area (Å²) in [5.74, 6) is 0.917. The van der Waals surface area contributed by atoms with E-state index in [0.29, 0.717) is 4.83 Å². The van der Waals surface area contributed by atoms with E-state index in [-0.39, 0.29) is 0 Å². The Balaban J connectivity index is 1.89. The molecule has 0 aliphatic heterocycles. The number of benzene rings is 2. The summed E-state index contributed by atoms with van der Waals surface area (Å²) in [5, 5.41) is 0. The first-order valence-electron chi connectivity index (χ1n) is 7.58.